The van der Waals surface area contributed by atoms with Gasteiger partial charge in [-0.05, 0) is 6.07 Å². The second kappa shape index (κ2) is 6.21. The van der Waals surface area contributed by atoms with Gasteiger partial charge >= 0.3 is 0 Å². The highest BCUT2D eigenvalue weighted by Gasteiger charge is 2.21. The first-order chi connectivity index (χ1) is 8.31. The van der Waals surface area contributed by atoms with E-state index in [1.807, 2.05) is 24.3 Å². The summed E-state index contributed by atoms with van der Waals surface area (Å²) < 4.78 is 10.9. The van der Waals surface area contributed by atoms with Crippen molar-refractivity contribution in [3.8, 4) is 0 Å². The predicted octanol–water partition coefficient (Wildman–Crippen LogP) is 1.74. The molecule has 17 heavy (non-hydrogen) atoms. The van der Waals surface area contributed by atoms with Crippen LogP contribution >= 0.6 is 11.6 Å². The van der Waals surface area contributed by atoms with E-state index in [4.69, 9.17) is 21.1 Å². The molecule has 1 aliphatic heterocycles. The molecule has 1 heterocycles. The van der Waals surface area contributed by atoms with Crippen molar-refractivity contribution in [2.24, 2.45) is 0 Å². The summed E-state index contributed by atoms with van der Waals surface area (Å²) in [6, 6.07) is 7.74. The zero-order valence-corrected chi connectivity index (χ0v) is 10.2. The van der Waals surface area contributed by atoms with Crippen molar-refractivity contribution in [3.05, 3.63) is 29.8 Å². The van der Waals surface area contributed by atoms with Crippen LogP contribution in [0.25, 0.3) is 0 Å². The first kappa shape index (κ1) is 12.6. The van der Waals surface area contributed by atoms with E-state index < -0.39 is 6.10 Å². The van der Waals surface area contributed by atoms with Gasteiger partial charge in [-0.25, -0.2) is 0 Å². The minimum Gasteiger partial charge on any atom is -0.390 e. The fourth-order valence-corrected chi connectivity index (χ4v) is 1.79. The van der Waals surface area contributed by atoms with E-state index in [1.165, 1.54) is 0 Å². The molecule has 1 fully saturated rings. The zero-order valence-electron chi connectivity index (χ0n) is 9.43. The van der Waals surface area contributed by atoms with Gasteiger partial charge in [0.25, 0.3) is 0 Å². The van der Waals surface area contributed by atoms with E-state index >= 15 is 0 Å². The fraction of sp³-hybridized carbons (Fsp3) is 0.500. The summed E-state index contributed by atoms with van der Waals surface area (Å²) in [6.07, 6.45) is -0.873. The second-order valence-electron chi connectivity index (χ2n) is 3.85. The third-order valence-electron chi connectivity index (χ3n) is 2.54. The molecule has 0 bridgehead atoms. The monoisotopic (exact) mass is 257 g/mol. The van der Waals surface area contributed by atoms with E-state index in [-0.39, 0.29) is 12.2 Å². The van der Waals surface area contributed by atoms with E-state index in [2.05, 4.69) is 5.32 Å². The van der Waals surface area contributed by atoms with Crippen molar-refractivity contribution >= 4 is 17.3 Å². The van der Waals surface area contributed by atoms with Gasteiger partial charge in [0.1, 0.15) is 0 Å². The van der Waals surface area contributed by atoms with Crippen LogP contribution < -0.4 is 5.32 Å². The summed E-state index contributed by atoms with van der Waals surface area (Å²) in [6.45, 7) is 1.64. The Morgan fingerprint density at radius 2 is 2.06 bits per heavy atom. The Morgan fingerprint density at radius 3 is 2.76 bits per heavy atom. The van der Waals surface area contributed by atoms with Crippen LogP contribution in [0.3, 0.4) is 0 Å². The Kier molecular flexibility index (Phi) is 4.62. The lowest BCUT2D eigenvalue weighted by molar-refractivity contribution is -0.0436. The molecule has 1 aromatic rings. The van der Waals surface area contributed by atoms with Gasteiger partial charge in [0.2, 0.25) is 0 Å². The highest BCUT2D eigenvalue weighted by atomic mass is 35.5. The van der Waals surface area contributed by atoms with Crippen LogP contribution in [0.1, 0.15) is 11.9 Å². The van der Waals surface area contributed by atoms with Gasteiger partial charge < -0.3 is 19.9 Å². The molecule has 1 unspecified atom stereocenters. The lowest BCUT2D eigenvalue weighted by atomic mass is 10.1. The van der Waals surface area contributed by atoms with Crippen molar-refractivity contribution < 1.29 is 14.6 Å². The first-order valence-corrected chi connectivity index (χ1v) is 6.14. The van der Waals surface area contributed by atoms with Crippen LogP contribution in [-0.4, -0.2) is 36.8 Å². The van der Waals surface area contributed by atoms with Crippen LogP contribution in [-0.2, 0) is 9.47 Å². The molecular formula is C12H16ClNO3. The second-order valence-corrected chi connectivity index (χ2v) is 4.16. The molecule has 4 nitrogen and oxygen atoms in total. The zero-order chi connectivity index (χ0) is 12.1. The van der Waals surface area contributed by atoms with Crippen molar-refractivity contribution in [1.82, 2.24) is 0 Å². The molecule has 1 aliphatic rings. The molecule has 0 spiro atoms. The van der Waals surface area contributed by atoms with E-state index in [0.717, 1.165) is 11.3 Å². The van der Waals surface area contributed by atoms with Crippen LogP contribution in [0.2, 0.25) is 0 Å². The molecule has 0 aliphatic carbocycles. The highest BCUT2D eigenvalue weighted by Crippen LogP contribution is 2.29. The third-order valence-corrected chi connectivity index (χ3v) is 2.90. The minimum absolute atomic E-state index is 0.214. The van der Waals surface area contributed by atoms with Crippen molar-refractivity contribution in [1.29, 1.82) is 0 Å². The Morgan fingerprint density at radius 1 is 1.35 bits per heavy atom. The lowest BCUT2D eigenvalue weighted by Crippen LogP contribution is -2.21. The maximum Gasteiger partial charge on any atom is 0.186 e. The number of anilines is 1. The van der Waals surface area contributed by atoms with Gasteiger partial charge in [-0.1, -0.05) is 18.2 Å². The average molecular weight is 258 g/mol. The Hall–Kier alpha value is -0.810. The Balaban J connectivity index is 2.04. The van der Waals surface area contributed by atoms with Gasteiger partial charge in [0.05, 0.1) is 25.2 Å². The van der Waals surface area contributed by atoms with Crippen molar-refractivity contribution in [2.75, 3.05) is 31.0 Å². The average Bonchev–Trinajstić information content (AvgIpc) is 2.90. The maximum absolute atomic E-state index is 9.42. The van der Waals surface area contributed by atoms with Crippen molar-refractivity contribution in [3.63, 3.8) is 0 Å². The molecule has 1 aromatic carbocycles. The molecule has 2 N–H and O–H groups in total. The maximum atomic E-state index is 9.42. The minimum atomic E-state index is -0.560. The summed E-state index contributed by atoms with van der Waals surface area (Å²) in [5, 5.41) is 12.6. The largest absolute Gasteiger partial charge is 0.390 e. The molecule has 94 valence electrons. The topological polar surface area (TPSA) is 50.7 Å². The number of aliphatic hydroxyl groups is 1. The lowest BCUT2D eigenvalue weighted by Gasteiger charge is -2.17. The fourth-order valence-electron chi connectivity index (χ4n) is 1.68. The number of hydrogen-bond donors (Lipinski definition) is 2. The number of halogens is 1. The Bertz CT molecular complexity index is 355. The number of hydrogen-bond acceptors (Lipinski definition) is 4. The molecule has 2 rings (SSSR count). The quantitative estimate of drug-likeness (QED) is 0.789. The number of ether oxygens (including phenoxy) is 2. The summed E-state index contributed by atoms with van der Waals surface area (Å²) in [5.41, 5.74) is 1.86. The molecule has 0 radical (unpaired) electrons. The van der Waals surface area contributed by atoms with Gasteiger partial charge in [-0.2, -0.15) is 0 Å². The van der Waals surface area contributed by atoms with E-state index in [9.17, 15) is 5.11 Å². The normalized spacial score (nSPS) is 18.2. The highest BCUT2D eigenvalue weighted by molar-refractivity contribution is 6.18. The molecule has 0 amide bonds. The number of para-hydroxylation sites is 1. The third kappa shape index (κ3) is 3.33. The number of rotatable bonds is 5. The number of aliphatic hydroxyl groups excluding tert-OH is 1. The molecule has 1 atom stereocenters. The number of nitrogens with one attached hydrogen (secondary N) is 1. The predicted molar refractivity (Wildman–Crippen MR) is 66.3 cm³/mol. The van der Waals surface area contributed by atoms with Crippen LogP contribution in [0.4, 0.5) is 5.69 Å². The molecule has 5 heteroatoms. The Labute approximate surface area is 105 Å². The van der Waals surface area contributed by atoms with Gasteiger partial charge in [-0.3, -0.25) is 0 Å². The summed E-state index contributed by atoms with van der Waals surface area (Å²) in [7, 11) is 0. The standard InChI is InChI=1S/C12H16ClNO3/c13-7-9(15)8-14-11-4-2-1-3-10(11)12-16-5-6-17-12/h1-4,9,12,14-15H,5-8H2. The number of benzene rings is 1. The van der Waals surface area contributed by atoms with Crippen LogP contribution in [0.5, 0.6) is 0 Å². The van der Waals surface area contributed by atoms with Gasteiger partial charge in [-0.15, -0.1) is 11.6 Å². The summed E-state index contributed by atoms with van der Waals surface area (Å²) in [5.74, 6) is 0.214. The van der Waals surface area contributed by atoms with E-state index in [1.54, 1.807) is 0 Å². The van der Waals surface area contributed by atoms with Crippen LogP contribution in [0.15, 0.2) is 24.3 Å². The SMILES string of the molecule is OC(CCl)CNc1ccccc1C1OCCO1. The molecule has 0 saturated carbocycles. The molecular weight excluding hydrogens is 242 g/mol. The van der Waals surface area contributed by atoms with Crippen LogP contribution in [0, 0.1) is 0 Å². The molecule has 0 aromatic heterocycles. The number of alkyl halides is 1. The van der Waals surface area contributed by atoms with E-state index in [0.29, 0.717) is 19.8 Å². The summed E-state index contributed by atoms with van der Waals surface area (Å²) in [4.78, 5) is 0. The smallest absolute Gasteiger partial charge is 0.186 e. The first-order valence-electron chi connectivity index (χ1n) is 5.61. The molecule has 1 saturated heterocycles. The summed E-state index contributed by atoms with van der Waals surface area (Å²) >= 11 is 5.55. The van der Waals surface area contributed by atoms with Gasteiger partial charge in [0.15, 0.2) is 6.29 Å². The van der Waals surface area contributed by atoms with Gasteiger partial charge in [0, 0.05) is 17.8 Å². The van der Waals surface area contributed by atoms with Crippen molar-refractivity contribution in [2.45, 2.75) is 12.4 Å².